The fourth-order valence-electron chi connectivity index (χ4n) is 2.51. The van der Waals surface area contributed by atoms with Crippen molar-refractivity contribution in [3.8, 4) is 0 Å². The first-order valence-electron chi connectivity index (χ1n) is 9.71. The van der Waals surface area contributed by atoms with Crippen LogP contribution in [0.25, 0.3) is 0 Å². The number of carbonyl (C=O) groups excluding carboxylic acids is 4. The maximum atomic E-state index is 12.6. The lowest BCUT2D eigenvalue weighted by Gasteiger charge is -2.26. The van der Waals surface area contributed by atoms with E-state index in [1.807, 2.05) is 0 Å². The Labute approximate surface area is 179 Å². The van der Waals surface area contributed by atoms with Crippen molar-refractivity contribution in [2.75, 3.05) is 0 Å². The molecule has 0 bridgehead atoms. The van der Waals surface area contributed by atoms with Crippen LogP contribution in [0.15, 0.2) is 0 Å². The van der Waals surface area contributed by atoms with E-state index < -0.39 is 72.4 Å². The SMILES string of the molecule is CC(C)CC(NC(=O)C(NC(=O)C(CC(N)=O)NC(=O)C(N)C(C)O)C(C)O)C(=O)O. The first-order valence-corrected chi connectivity index (χ1v) is 9.71. The number of rotatable bonds is 13. The molecule has 0 saturated heterocycles. The molecule has 13 nitrogen and oxygen atoms in total. The van der Waals surface area contributed by atoms with Gasteiger partial charge in [-0.15, -0.1) is 0 Å². The molecule has 0 aromatic rings. The molecule has 0 saturated carbocycles. The summed E-state index contributed by atoms with van der Waals surface area (Å²) in [5.74, 6) is -5.26. The molecule has 10 N–H and O–H groups in total. The normalized spacial score (nSPS) is 16.9. The predicted molar refractivity (Wildman–Crippen MR) is 108 cm³/mol. The van der Waals surface area contributed by atoms with Crippen LogP contribution in [0.3, 0.4) is 0 Å². The summed E-state index contributed by atoms with van der Waals surface area (Å²) < 4.78 is 0. The molecular weight excluding hydrogens is 414 g/mol. The van der Waals surface area contributed by atoms with Crippen LogP contribution in [-0.4, -0.2) is 81.3 Å². The summed E-state index contributed by atoms with van der Waals surface area (Å²) in [6.07, 6.45) is -3.23. The third-order valence-electron chi connectivity index (χ3n) is 4.25. The second kappa shape index (κ2) is 12.8. The van der Waals surface area contributed by atoms with E-state index in [0.717, 1.165) is 0 Å². The van der Waals surface area contributed by atoms with Gasteiger partial charge in [-0.25, -0.2) is 4.79 Å². The molecule has 4 amide bonds. The number of nitrogens with one attached hydrogen (secondary N) is 3. The number of carboxylic acids is 1. The van der Waals surface area contributed by atoms with Gasteiger partial charge in [0, 0.05) is 0 Å². The lowest BCUT2D eigenvalue weighted by molar-refractivity contribution is -0.143. The fraction of sp³-hybridized carbons (Fsp3) is 0.722. The summed E-state index contributed by atoms with van der Waals surface area (Å²) >= 11 is 0. The van der Waals surface area contributed by atoms with Crippen molar-refractivity contribution in [3.05, 3.63) is 0 Å². The number of aliphatic hydroxyl groups is 2. The van der Waals surface area contributed by atoms with Crippen molar-refractivity contribution in [3.63, 3.8) is 0 Å². The summed E-state index contributed by atoms with van der Waals surface area (Å²) in [5, 5.41) is 35.1. The van der Waals surface area contributed by atoms with Gasteiger partial charge >= 0.3 is 5.97 Å². The van der Waals surface area contributed by atoms with Gasteiger partial charge in [-0.1, -0.05) is 13.8 Å². The third kappa shape index (κ3) is 10.2. The minimum Gasteiger partial charge on any atom is -0.480 e. The van der Waals surface area contributed by atoms with E-state index in [1.54, 1.807) is 13.8 Å². The van der Waals surface area contributed by atoms with Crippen LogP contribution >= 0.6 is 0 Å². The van der Waals surface area contributed by atoms with Gasteiger partial charge in [-0.3, -0.25) is 19.2 Å². The van der Waals surface area contributed by atoms with E-state index in [2.05, 4.69) is 16.0 Å². The molecule has 178 valence electrons. The zero-order chi connectivity index (χ0) is 24.5. The zero-order valence-electron chi connectivity index (χ0n) is 18.0. The molecule has 0 rings (SSSR count). The van der Waals surface area contributed by atoms with Crippen molar-refractivity contribution in [1.29, 1.82) is 0 Å². The largest absolute Gasteiger partial charge is 0.480 e. The molecule has 0 aliphatic carbocycles. The van der Waals surface area contributed by atoms with Crippen LogP contribution in [0, 0.1) is 5.92 Å². The zero-order valence-corrected chi connectivity index (χ0v) is 18.0. The second-order valence-electron chi connectivity index (χ2n) is 7.75. The first kappa shape index (κ1) is 28.2. The van der Waals surface area contributed by atoms with Crippen LogP contribution in [0.1, 0.15) is 40.5 Å². The molecule has 0 fully saturated rings. The van der Waals surface area contributed by atoms with Gasteiger partial charge in [0.25, 0.3) is 0 Å². The first-order chi connectivity index (χ1) is 14.2. The summed E-state index contributed by atoms with van der Waals surface area (Å²) in [6.45, 7) is 5.95. The lowest BCUT2D eigenvalue weighted by Crippen LogP contribution is -2.60. The Balaban J connectivity index is 5.46. The fourth-order valence-corrected chi connectivity index (χ4v) is 2.51. The monoisotopic (exact) mass is 447 g/mol. The van der Waals surface area contributed by atoms with Crippen LogP contribution < -0.4 is 27.4 Å². The summed E-state index contributed by atoms with van der Waals surface area (Å²) in [6, 6.07) is -5.78. The highest BCUT2D eigenvalue weighted by molar-refractivity contribution is 5.96. The van der Waals surface area contributed by atoms with Gasteiger partial charge in [-0.2, -0.15) is 0 Å². The highest BCUT2D eigenvalue weighted by Gasteiger charge is 2.33. The molecule has 6 atom stereocenters. The highest BCUT2D eigenvalue weighted by Crippen LogP contribution is 2.06. The lowest BCUT2D eigenvalue weighted by atomic mass is 10.0. The van der Waals surface area contributed by atoms with Crippen LogP contribution in [0.4, 0.5) is 0 Å². The molecule has 13 heteroatoms. The Morgan fingerprint density at radius 1 is 0.806 bits per heavy atom. The molecule has 6 unspecified atom stereocenters. The minimum absolute atomic E-state index is 0.0609. The minimum atomic E-state index is -1.58. The van der Waals surface area contributed by atoms with Crippen molar-refractivity contribution in [2.24, 2.45) is 17.4 Å². The number of aliphatic carboxylic acids is 1. The van der Waals surface area contributed by atoms with Crippen LogP contribution in [0.2, 0.25) is 0 Å². The van der Waals surface area contributed by atoms with Crippen molar-refractivity contribution >= 4 is 29.6 Å². The molecule has 0 aliphatic rings. The van der Waals surface area contributed by atoms with E-state index in [0.29, 0.717) is 0 Å². The quantitative estimate of drug-likeness (QED) is 0.140. The maximum Gasteiger partial charge on any atom is 0.326 e. The molecule has 0 spiro atoms. The molecule has 0 aromatic carbocycles. The molecule has 0 radical (unpaired) electrons. The average Bonchev–Trinajstić information content (AvgIpc) is 2.62. The second-order valence-corrected chi connectivity index (χ2v) is 7.75. The number of aliphatic hydroxyl groups excluding tert-OH is 2. The molecule has 31 heavy (non-hydrogen) atoms. The van der Waals surface area contributed by atoms with E-state index in [-0.39, 0.29) is 12.3 Å². The van der Waals surface area contributed by atoms with E-state index in [9.17, 15) is 39.3 Å². The Bertz CT molecular complexity index is 667. The number of hydrogen-bond acceptors (Lipinski definition) is 8. The van der Waals surface area contributed by atoms with Gasteiger partial charge in [0.15, 0.2) is 0 Å². The molecule has 0 heterocycles. The van der Waals surface area contributed by atoms with Gasteiger partial charge in [0.2, 0.25) is 23.6 Å². The van der Waals surface area contributed by atoms with E-state index in [1.165, 1.54) is 13.8 Å². The van der Waals surface area contributed by atoms with Crippen molar-refractivity contribution < 1.29 is 39.3 Å². The summed E-state index contributed by atoms with van der Waals surface area (Å²) in [7, 11) is 0. The van der Waals surface area contributed by atoms with Crippen molar-refractivity contribution in [2.45, 2.75) is 76.9 Å². The highest BCUT2D eigenvalue weighted by atomic mass is 16.4. The van der Waals surface area contributed by atoms with Gasteiger partial charge in [0.05, 0.1) is 18.6 Å². The maximum absolute atomic E-state index is 12.6. The predicted octanol–water partition coefficient (Wildman–Crippen LogP) is -3.46. The topological polar surface area (TPSA) is 234 Å². The third-order valence-corrected chi connectivity index (χ3v) is 4.25. The summed E-state index contributed by atoms with van der Waals surface area (Å²) in [5.41, 5.74) is 10.6. The number of amides is 4. The number of carbonyl (C=O) groups is 5. The van der Waals surface area contributed by atoms with Gasteiger partial charge in [0.1, 0.15) is 24.2 Å². The summed E-state index contributed by atoms with van der Waals surface area (Å²) in [4.78, 5) is 59.8. The van der Waals surface area contributed by atoms with E-state index >= 15 is 0 Å². The molecule has 0 aromatic heterocycles. The van der Waals surface area contributed by atoms with Gasteiger partial charge in [-0.05, 0) is 26.2 Å². The molecular formula is C18H33N5O8. The van der Waals surface area contributed by atoms with E-state index in [4.69, 9.17) is 11.5 Å². The Hall–Kier alpha value is -2.77. The number of primary amides is 1. The Morgan fingerprint density at radius 2 is 1.32 bits per heavy atom. The Morgan fingerprint density at radius 3 is 1.71 bits per heavy atom. The van der Waals surface area contributed by atoms with Crippen LogP contribution in [-0.2, 0) is 24.0 Å². The number of hydrogen-bond donors (Lipinski definition) is 8. The molecule has 0 aliphatic heterocycles. The standard InChI is InChI=1S/C18H33N5O8/c1-7(2)5-11(18(30)31)22-17(29)14(9(4)25)23-15(27)10(6-12(19)26)21-16(28)13(20)8(3)24/h7-11,13-14,24-25H,5-6,20H2,1-4H3,(H2,19,26)(H,21,28)(H,22,29)(H,23,27)(H,30,31). The van der Waals surface area contributed by atoms with Crippen LogP contribution in [0.5, 0.6) is 0 Å². The average molecular weight is 447 g/mol. The number of nitrogens with two attached hydrogens (primary N) is 2. The van der Waals surface area contributed by atoms with Gasteiger partial charge < -0.3 is 42.7 Å². The Kier molecular flexibility index (Phi) is 11.7. The smallest absolute Gasteiger partial charge is 0.326 e. The number of carboxylic acid groups (broad SMARTS) is 1. The van der Waals surface area contributed by atoms with Crippen molar-refractivity contribution in [1.82, 2.24) is 16.0 Å².